The molecular weight excluding hydrogens is 329 g/mol. The number of halogens is 3. The van der Waals surface area contributed by atoms with Crippen molar-refractivity contribution in [3.63, 3.8) is 0 Å². The van der Waals surface area contributed by atoms with Crippen molar-refractivity contribution in [2.75, 3.05) is 18.4 Å². The second kappa shape index (κ2) is 7.10. The molecule has 25 heavy (non-hydrogen) atoms. The lowest BCUT2D eigenvalue weighted by Crippen LogP contribution is -2.30. The lowest BCUT2D eigenvalue weighted by Gasteiger charge is -2.20. The van der Waals surface area contributed by atoms with E-state index in [0.29, 0.717) is 18.8 Å². The lowest BCUT2D eigenvalue weighted by molar-refractivity contribution is -0.138. The molecule has 6 heteroatoms. The fraction of sp³-hybridized carbons (Fsp3) is 0.526. The number of carbonyl (C=O) groups is 1. The summed E-state index contributed by atoms with van der Waals surface area (Å²) >= 11 is 0. The van der Waals surface area contributed by atoms with Gasteiger partial charge in [0.1, 0.15) is 0 Å². The monoisotopic (exact) mass is 352 g/mol. The molecule has 0 bridgehead atoms. The summed E-state index contributed by atoms with van der Waals surface area (Å²) in [6.07, 6.45) is 2.45. The van der Waals surface area contributed by atoms with E-state index in [9.17, 15) is 18.0 Å². The molecule has 1 aromatic rings. The summed E-state index contributed by atoms with van der Waals surface area (Å²) in [6.45, 7) is 2.64. The molecule has 1 aromatic carbocycles. The van der Waals surface area contributed by atoms with E-state index in [-0.39, 0.29) is 17.5 Å². The number of amides is 1. The molecule has 0 aromatic heterocycles. The first kappa shape index (κ1) is 17.8. The summed E-state index contributed by atoms with van der Waals surface area (Å²) in [6, 6.07) is 4.16. The van der Waals surface area contributed by atoms with E-state index in [0.717, 1.165) is 38.2 Å². The fourth-order valence-corrected chi connectivity index (χ4v) is 3.64. The predicted octanol–water partition coefficient (Wildman–Crippen LogP) is 4.53. The van der Waals surface area contributed by atoms with Crippen molar-refractivity contribution < 1.29 is 18.0 Å². The quantitative estimate of drug-likeness (QED) is 0.811. The smallest absolute Gasteiger partial charge is 0.380 e. The highest BCUT2D eigenvalue weighted by molar-refractivity contribution is 5.88. The third-order valence-electron chi connectivity index (χ3n) is 5.07. The van der Waals surface area contributed by atoms with Crippen LogP contribution in [-0.2, 0) is 11.0 Å². The lowest BCUT2D eigenvalue weighted by atomic mass is 10.1. The van der Waals surface area contributed by atoms with E-state index >= 15 is 0 Å². The van der Waals surface area contributed by atoms with Crippen LogP contribution in [0, 0.1) is 6.92 Å². The number of rotatable bonds is 3. The minimum absolute atomic E-state index is 0.0203. The average Bonchev–Trinajstić information content (AvgIpc) is 3.20. The van der Waals surface area contributed by atoms with Crippen molar-refractivity contribution in [1.82, 2.24) is 4.90 Å². The van der Waals surface area contributed by atoms with Crippen molar-refractivity contribution >= 4 is 11.6 Å². The summed E-state index contributed by atoms with van der Waals surface area (Å²) in [5, 5.41) is 3.19. The Hall–Kier alpha value is -1.98. The number of hydrogen-bond acceptors (Lipinski definition) is 2. The number of hydrogen-bond donors (Lipinski definition) is 1. The van der Waals surface area contributed by atoms with Crippen LogP contribution in [0.15, 0.2) is 29.8 Å². The van der Waals surface area contributed by atoms with Crippen LogP contribution < -0.4 is 5.32 Å². The zero-order valence-electron chi connectivity index (χ0n) is 14.3. The molecule has 1 heterocycles. The molecule has 1 N–H and O–H groups in total. The summed E-state index contributed by atoms with van der Waals surface area (Å²) in [5.41, 5.74) is 1.29. The van der Waals surface area contributed by atoms with Gasteiger partial charge in [0.25, 0.3) is 0 Å². The first-order valence-corrected chi connectivity index (χ1v) is 8.76. The number of likely N-dealkylation sites (tertiary alicyclic amines) is 1. The Kier molecular flexibility index (Phi) is 5.06. The number of alkyl halides is 3. The summed E-state index contributed by atoms with van der Waals surface area (Å²) < 4.78 is 39.1. The van der Waals surface area contributed by atoms with Gasteiger partial charge >= 0.3 is 6.18 Å². The van der Waals surface area contributed by atoms with Gasteiger partial charge in [-0.1, -0.05) is 11.6 Å². The fourth-order valence-electron chi connectivity index (χ4n) is 3.64. The maximum atomic E-state index is 13.0. The normalized spacial score (nSPS) is 20.9. The van der Waals surface area contributed by atoms with Crippen molar-refractivity contribution in [1.29, 1.82) is 0 Å². The summed E-state index contributed by atoms with van der Waals surface area (Å²) in [4.78, 5) is 14.1. The topological polar surface area (TPSA) is 32.3 Å². The number of carbonyl (C=O) groups excluding carboxylic acids is 1. The molecule has 1 atom stereocenters. The summed E-state index contributed by atoms with van der Waals surface area (Å²) in [7, 11) is 0. The molecule has 3 rings (SSSR count). The van der Waals surface area contributed by atoms with Crippen LogP contribution in [0.3, 0.4) is 0 Å². The number of allylic oxidation sites excluding steroid dienone is 1. The van der Waals surface area contributed by atoms with Gasteiger partial charge in [0.15, 0.2) is 0 Å². The van der Waals surface area contributed by atoms with Crippen LogP contribution in [0.1, 0.15) is 43.2 Å². The van der Waals surface area contributed by atoms with E-state index < -0.39 is 11.7 Å². The molecule has 0 radical (unpaired) electrons. The largest absolute Gasteiger partial charge is 0.416 e. The van der Waals surface area contributed by atoms with Gasteiger partial charge < -0.3 is 10.2 Å². The Balaban J connectivity index is 1.64. The van der Waals surface area contributed by atoms with Crippen LogP contribution >= 0.6 is 0 Å². The predicted molar refractivity (Wildman–Crippen MR) is 91.3 cm³/mol. The van der Waals surface area contributed by atoms with Gasteiger partial charge in [0.2, 0.25) is 5.91 Å². The van der Waals surface area contributed by atoms with Crippen molar-refractivity contribution in [3.05, 3.63) is 41.0 Å². The molecule has 1 saturated heterocycles. The van der Waals surface area contributed by atoms with E-state index in [2.05, 4.69) is 5.32 Å². The Morgan fingerprint density at radius 2 is 2.00 bits per heavy atom. The average molecular weight is 352 g/mol. The molecule has 1 aliphatic carbocycles. The molecule has 2 aliphatic rings. The molecule has 2 fully saturated rings. The molecule has 3 nitrogen and oxygen atoms in total. The maximum absolute atomic E-state index is 13.0. The molecule has 1 amide bonds. The highest BCUT2D eigenvalue weighted by atomic mass is 19.4. The van der Waals surface area contributed by atoms with E-state index in [4.69, 9.17) is 0 Å². The first-order chi connectivity index (χ1) is 11.8. The van der Waals surface area contributed by atoms with E-state index in [1.54, 1.807) is 17.0 Å². The second-order valence-electron chi connectivity index (χ2n) is 6.90. The number of benzene rings is 1. The van der Waals surface area contributed by atoms with Crippen LogP contribution in [0.5, 0.6) is 0 Å². The Bertz CT molecular complexity index is 674. The Labute approximate surface area is 145 Å². The van der Waals surface area contributed by atoms with Gasteiger partial charge in [-0.05, 0) is 56.7 Å². The van der Waals surface area contributed by atoms with Crippen LogP contribution in [0.4, 0.5) is 18.9 Å². The third kappa shape index (κ3) is 4.17. The zero-order valence-corrected chi connectivity index (χ0v) is 14.3. The minimum atomic E-state index is -4.35. The Morgan fingerprint density at radius 3 is 2.68 bits per heavy atom. The molecule has 1 saturated carbocycles. The van der Waals surface area contributed by atoms with Gasteiger partial charge in [-0.25, -0.2) is 0 Å². The van der Waals surface area contributed by atoms with E-state index in [1.165, 1.54) is 18.6 Å². The highest BCUT2D eigenvalue weighted by Crippen LogP contribution is 2.35. The first-order valence-electron chi connectivity index (χ1n) is 8.76. The SMILES string of the molecule is Cc1c(N[C@H]2CCN(C(=O)C=C3CCCC3)C2)cccc1C(F)(F)F. The van der Waals surface area contributed by atoms with Gasteiger partial charge in [-0.15, -0.1) is 0 Å². The number of anilines is 1. The van der Waals surface area contributed by atoms with Crippen LogP contribution in [0.25, 0.3) is 0 Å². The zero-order chi connectivity index (χ0) is 18.0. The minimum Gasteiger partial charge on any atom is -0.380 e. The Morgan fingerprint density at radius 1 is 1.28 bits per heavy atom. The van der Waals surface area contributed by atoms with Crippen molar-refractivity contribution in [2.24, 2.45) is 0 Å². The summed E-state index contributed by atoms with van der Waals surface area (Å²) in [5.74, 6) is 0.0296. The molecule has 0 unspecified atom stereocenters. The van der Waals surface area contributed by atoms with Crippen molar-refractivity contribution in [3.8, 4) is 0 Å². The second-order valence-corrected chi connectivity index (χ2v) is 6.90. The molecular formula is C19H23F3N2O. The van der Waals surface area contributed by atoms with Crippen LogP contribution in [-0.4, -0.2) is 29.9 Å². The molecule has 136 valence electrons. The van der Waals surface area contributed by atoms with Gasteiger partial charge in [-0.2, -0.15) is 13.2 Å². The standard InChI is InChI=1S/C19H23F3N2O/c1-13-16(19(20,21)22)7-4-8-17(13)23-15-9-10-24(12-15)18(25)11-14-5-2-3-6-14/h4,7-8,11,15,23H,2-3,5-6,9-10,12H2,1H3/t15-/m0/s1. The number of nitrogens with zero attached hydrogens (tertiary/aromatic N) is 1. The van der Waals surface area contributed by atoms with Gasteiger partial charge in [0, 0.05) is 30.9 Å². The maximum Gasteiger partial charge on any atom is 0.416 e. The number of nitrogens with one attached hydrogen (secondary N) is 1. The van der Waals surface area contributed by atoms with E-state index in [1.807, 2.05) is 0 Å². The van der Waals surface area contributed by atoms with Gasteiger partial charge in [-0.3, -0.25) is 4.79 Å². The van der Waals surface area contributed by atoms with Gasteiger partial charge in [0.05, 0.1) is 5.56 Å². The van der Waals surface area contributed by atoms with Crippen molar-refractivity contribution in [2.45, 2.75) is 51.2 Å². The van der Waals surface area contributed by atoms with Crippen LogP contribution in [0.2, 0.25) is 0 Å². The third-order valence-corrected chi connectivity index (χ3v) is 5.07. The molecule has 0 spiro atoms. The molecule has 1 aliphatic heterocycles. The highest BCUT2D eigenvalue weighted by Gasteiger charge is 2.33.